The van der Waals surface area contributed by atoms with Crippen molar-refractivity contribution in [1.82, 2.24) is 4.90 Å². The number of sulfonamides is 1. The van der Waals surface area contributed by atoms with Crippen molar-refractivity contribution in [2.75, 3.05) is 30.4 Å². The molecule has 0 unspecified atom stereocenters. The number of hydrogen-bond acceptors (Lipinski definition) is 6. The molecule has 0 saturated heterocycles. The summed E-state index contributed by atoms with van der Waals surface area (Å²) in [7, 11) is -6.74. The molecule has 0 atom stereocenters. The average Bonchev–Trinajstić information content (AvgIpc) is 2.99. The van der Waals surface area contributed by atoms with Crippen LogP contribution in [0.25, 0.3) is 11.1 Å². The van der Waals surface area contributed by atoms with Gasteiger partial charge in [-0.2, -0.15) is 0 Å². The van der Waals surface area contributed by atoms with Gasteiger partial charge in [-0.05, 0) is 59.7 Å². The van der Waals surface area contributed by atoms with Gasteiger partial charge >= 0.3 is 0 Å². The molecule has 1 N–H and O–H groups in total. The van der Waals surface area contributed by atoms with Crippen LogP contribution in [0.3, 0.4) is 0 Å². The fourth-order valence-electron chi connectivity index (χ4n) is 3.75. The van der Waals surface area contributed by atoms with Gasteiger partial charge in [-0.3, -0.25) is 9.52 Å². The zero-order valence-electron chi connectivity index (χ0n) is 18.7. The van der Waals surface area contributed by atoms with E-state index >= 15 is 0 Å². The van der Waals surface area contributed by atoms with E-state index in [4.69, 9.17) is 4.74 Å². The standard InChI is InChI=1S/C24H24N2O6S2/c1-33(28,29)22-9-6-17(7-10-22)24(27)26-12-13-32-23-11-8-19(14-20(23)16-26)18-4-3-5-21(15-18)25-34(2,30)31/h3-11,14-15,25H,12-13,16H2,1-2H3. The van der Waals surface area contributed by atoms with E-state index in [2.05, 4.69) is 4.72 Å². The molecule has 0 bridgehead atoms. The second-order valence-corrected chi connectivity index (χ2v) is 11.9. The monoisotopic (exact) mass is 500 g/mol. The van der Waals surface area contributed by atoms with E-state index in [-0.39, 0.29) is 10.8 Å². The summed E-state index contributed by atoms with van der Waals surface area (Å²) in [6.07, 6.45) is 2.22. The van der Waals surface area contributed by atoms with Crippen molar-refractivity contribution in [3.8, 4) is 16.9 Å². The molecule has 0 fully saturated rings. The minimum absolute atomic E-state index is 0.158. The number of rotatable bonds is 5. The number of fused-ring (bicyclic) bond motifs is 1. The number of benzene rings is 3. The summed E-state index contributed by atoms with van der Waals surface area (Å²) in [5.41, 5.74) is 3.34. The fraction of sp³-hybridized carbons (Fsp3) is 0.208. The van der Waals surface area contributed by atoms with Crippen molar-refractivity contribution in [2.45, 2.75) is 11.4 Å². The lowest BCUT2D eigenvalue weighted by Crippen LogP contribution is -2.32. The minimum Gasteiger partial charge on any atom is -0.491 e. The van der Waals surface area contributed by atoms with Gasteiger partial charge in [0.2, 0.25) is 10.0 Å². The number of nitrogens with one attached hydrogen (secondary N) is 1. The Hall–Kier alpha value is -3.37. The Morgan fingerprint density at radius 2 is 1.62 bits per heavy atom. The normalized spacial score (nSPS) is 14.0. The fourth-order valence-corrected chi connectivity index (χ4v) is 4.94. The maximum absolute atomic E-state index is 13.1. The Labute approximate surface area is 199 Å². The predicted octanol–water partition coefficient (Wildman–Crippen LogP) is 3.16. The van der Waals surface area contributed by atoms with Crippen molar-refractivity contribution < 1.29 is 26.4 Å². The first-order chi connectivity index (χ1) is 16.0. The lowest BCUT2D eigenvalue weighted by molar-refractivity contribution is 0.0733. The largest absolute Gasteiger partial charge is 0.491 e. The summed E-state index contributed by atoms with van der Waals surface area (Å²) in [5, 5.41) is 0. The van der Waals surface area contributed by atoms with Crippen LogP contribution in [0.5, 0.6) is 5.75 Å². The van der Waals surface area contributed by atoms with Crippen LogP contribution in [-0.4, -0.2) is 53.3 Å². The number of anilines is 1. The highest BCUT2D eigenvalue weighted by Crippen LogP contribution is 2.31. The number of nitrogens with zero attached hydrogens (tertiary/aromatic N) is 1. The predicted molar refractivity (Wildman–Crippen MR) is 130 cm³/mol. The Bertz CT molecular complexity index is 1450. The first kappa shape index (κ1) is 23.8. The highest BCUT2D eigenvalue weighted by molar-refractivity contribution is 7.92. The molecular formula is C24H24N2O6S2. The van der Waals surface area contributed by atoms with E-state index in [1.807, 2.05) is 24.3 Å². The van der Waals surface area contributed by atoms with Crippen LogP contribution in [0, 0.1) is 0 Å². The van der Waals surface area contributed by atoms with Crippen LogP contribution in [0.2, 0.25) is 0 Å². The van der Waals surface area contributed by atoms with Gasteiger partial charge in [-0.1, -0.05) is 18.2 Å². The van der Waals surface area contributed by atoms with Crippen molar-refractivity contribution in [3.63, 3.8) is 0 Å². The summed E-state index contributed by atoms with van der Waals surface area (Å²) >= 11 is 0. The van der Waals surface area contributed by atoms with Gasteiger partial charge in [-0.25, -0.2) is 16.8 Å². The molecule has 0 radical (unpaired) electrons. The molecule has 178 valence electrons. The van der Waals surface area contributed by atoms with Gasteiger partial charge in [-0.15, -0.1) is 0 Å². The maximum Gasteiger partial charge on any atom is 0.254 e. The Morgan fingerprint density at radius 1 is 0.912 bits per heavy atom. The molecule has 8 nitrogen and oxygen atoms in total. The molecule has 1 amide bonds. The molecule has 0 aliphatic carbocycles. The van der Waals surface area contributed by atoms with Crippen molar-refractivity contribution in [1.29, 1.82) is 0 Å². The van der Waals surface area contributed by atoms with Crippen LogP contribution in [-0.2, 0) is 26.4 Å². The van der Waals surface area contributed by atoms with E-state index in [0.717, 1.165) is 29.2 Å². The summed E-state index contributed by atoms with van der Waals surface area (Å²) in [6.45, 7) is 1.02. The Kier molecular flexibility index (Phi) is 6.37. The molecule has 1 aliphatic heterocycles. The van der Waals surface area contributed by atoms with Crippen molar-refractivity contribution >= 4 is 31.5 Å². The first-order valence-corrected chi connectivity index (χ1v) is 14.2. The molecule has 10 heteroatoms. The minimum atomic E-state index is -3.40. The number of ether oxygens (including phenoxy) is 1. The second-order valence-electron chi connectivity index (χ2n) is 8.15. The van der Waals surface area contributed by atoms with E-state index in [1.165, 1.54) is 24.3 Å². The maximum atomic E-state index is 13.1. The van der Waals surface area contributed by atoms with Gasteiger partial charge in [0, 0.05) is 29.6 Å². The molecule has 3 aromatic carbocycles. The van der Waals surface area contributed by atoms with Gasteiger partial charge in [0.25, 0.3) is 5.91 Å². The van der Waals surface area contributed by atoms with Crippen molar-refractivity contribution in [2.24, 2.45) is 0 Å². The third kappa shape index (κ3) is 5.57. The van der Waals surface area contributed by atoms with Crippen LogP contribution in [0.15, 0.2) is 71.6 Å². The first-order valence-electron chi connectivity index (χ1n) is 10.4. The molecule has 34 heavy (non-hydrogen) atoms. The molecule has 3 aromatic rings. The highest BCUT2D eigenvalue weighted by Gasteiger charge is 2.22. The number of carbonyl (C=O) groups excluding carboxylic acids is 1. The number of amides is 1. The molecule has 0 saturated carbocycles. The van der Waals surface area contributed by atoms with Crippen LogP contribution >= 0.6 is 0 Å². The van der Waals surface area contributed by atoms with Gasteiger partial charge < -0.3 is 9.64 Å². The summed E-state index contributed by atoms with van der Waals surface area (Å²) in [4.78, 5) is 14.9. The zero-order valence-corrected chi connectivity index (χ0v) is 20.3. The van der Waals surface area contributed by atoms with E-state index in [9.17, 15) is 21.6 Å². The molecule has 0 spiro atoms. The topological polar surface area (TPSA) is 110 Å². The summed E-state index contributed by atoms with van der Waals surface area (Å²) in [6, 6.07) is 18.6. The molecular weight excluding hydrogens is 476 g/mol. The number of carbonyl (C=O) groups is 1. The zero-order chi connectivity index (χ0) is 24.5. The van der Waals surface area contributed by atoms with E-state index in [0.29, 0.717) is 36.7 Å². The number of sulfone groups is 1. The molecule has 0 aromatic heterocycles. The SMILES string of the molecule is CS(=O)(=O)Nc1cccc(-c2ccc3c(c2)CN(C(=O)c2ccc(S(C)(=O)=O)cc2)CCO3)c1. The smallest absolute Gasteiger partial charge is 0.254 e. The molecule has 1 heterocycles. The molecule has 1 aliphatic rings. The average molecular weight is 501 g/mol. The van der Waals surface area contributed by atoms with Gasteiger partial charge in [0.15, 0.2) is 9.84 Å². The third-order valence-electron chi connectivity index (χ3n) is 5.36. The third-order valence-corrected chi connectivity index (χ3v) is 7.09. The summed E-state index contributed by atoms with van der Waals surface area (Å²) in [5.74, 6) is 0.457. The second kappa shape index (κ2) is 9.11. The number of hydrogen-bond donors (Lipinski definition) is 1. The Morgan fingerprint density at radius 3 is 2.29 bits per heavy atom. The van der Waals surface area contributed by atoms with Crippen LogP contribution < -0.4 is 9.46 Å². The lowest BCUT2D eigenvalue weighted by Gasteiger charge is -2.20. The quantitative estimate of drug-likeness (QED) is 0.576. The lowest BCUT2D eigenvalue weighted by atomic mass is 10.0. The molecule has 4 rings (SSSR count). The highest BCUT2D eigenvalue weighted by atomic mass is 32.2. The van der Waals surface area contributed by atoms with E-state index in [1.54, 1.807) is 23.1 Å². The van der Waals surface area contributed by atoms with Gasteiger partial charge in [0.1, 0.15) is 12.4 Å². The Balaban J connectivity index is 1.60. The van der Waals surface area contributed by atoms with Crippen molar-refractivity contribution in [3.05, 3.63) is 77.9 Å². The summed E-state index contributed by atoms with van der Waals surface area (Å²) < 4.78 is 54.8. The van der Waals surface area contributed by atoms with E-state index < -0.39 is 19.9 Å². The van der Waals surface area contributed by atoms with Crippen LogP contribution in [0.1, 0.15) is 15.9 Å². The van der Waals surface area contributed by atoms with Gasteiger partial charge in [0.05, 0.1) is 17.7 Å². The van der Waals surface area contributed by atoms with Crippen LogP contribution in [0.4, 0.5) is 5.69 Å².